The van der Waals surface area contributed by atoms with E-state index in [1.54, 1.807) is 0 Å². The van der Waals surface area contributed by atoms with Crippen molar-refractivity contribution in [2.24, 2.45) is 0 Å². The summed E-state index contributed by atoms with van der Waals surface area (Å²) in [6, 6.07) is 16.3. The van der Waals surface area contributed by atoms with Crippen LogP contribution in [0.15, 0.2) is 48.5 Å². The molecule has 1 heterocycles. The molecular formula is C18H20Cl2N2. The average Bonchev–Trinajstić information content (AvgIpc) is 2.52. The molecule has 1 aliphatic heterocycles. The van der Waals surface area contributed by atoms with Crippen molar-refractivity contribution in [2.75, 3.05) is 26.2 Å². The first kappa shape index (κ1) is 15.8. The van der Waals surface area contributed by atoms with Crippen molar-refractivity contribution < 1.29 is 0 Å². The Labute approximate surface area is 142 Å². The first-order chi connectivity index (χ1) is 10.7. The van der Waals surface area contributed by atoms with E-state index in [-0.39, 0.29) is 0 Å². The van der Waals surface area contributed by atoms with Crippen molar-refractivity contribution in [3.8, 4) is 0 Å². The summed E-state index contributed by atoms with van der Waals surface area (Å²) < 4.78 is 0. The van der Waals surface area contributed by atoms with Crippen molar-refractivity contribution in [1.82, 2.24) is 9.80 Å². The zero-order chi connectivity index (χ0) is 15.4. The summed E-state index contributed by atoms with van der Waals surface area (Å²) in [6.07, 6.45) is 0. The second-order valence-electron chi connectivity index (χ2n) is 5.81. The second-order valence-corrected chi connectivity index (χ2v) is 6.68. The van der Waals surface area contributed by atoms with Crippen LogP contribution in [0.3, 0.4) is 0 Å². The minimum absolute atomic E-state index is 0.801. The average molecular weight is 335 g/mol. The number of piperazine rings is 1. The first-order valence-corrected chi connectivity index (χ1v) is 8.38. The molecule has 0 amide bonds. The maximum atomic E-state index is 6.05. The smallest absolute Gasteiger partial charge is 0.0409 e. The van der Waals surface area contributed by atoms with Gasteiger partial charge < -0.3 is 0 Å². The molecule has 2 nitrogen and oxygen atoms in total. The standard InChI is InChI=1S/C18H20Cl2N2/c19-17-6-4-15(5-7-17)13-21-8-10-22(11-9-21)14-16-2-1-3-18(20)12-16/h1-7,12H,8-11,13-14H2. The highest BCUT2D eigenvalue weighted by molar-refractivity contribution is 6.30. The Morgan fingerprint density at radius 2 is 1.27 bits per heavy atom. The molecule has 0 atom stereocenters. The highest BCUT2D eigenvalue weighted by Gasteiger charge is 2.17. The van der Waals surface area contributed by atoms with Gasteiger partial charge in [-0.25, -0.2) is 0 Å². The molecule has 1 saturated heterocycles. The number of rotatable bonds is 4. The number of nitrogens with zero attached hydrogens (tertiary/aromatic N) is 2. The van der Waals surface area contributed by atoms with E-state index in [1.165, 1.54) is 11.1 Å². The van der Waals surface area contributed by atoms with Gasteiger partial charge in [0, 0.05) is 49.3 Å². The molecular weight excluding hydrogens is 315 g/mol. The lowest BCUT2D eigenvalue weighted by Crippen LogP contribution is -2.45. The molecule has 1 aliphatic rings. The first-order valence-electron chi connectivity index (χ1n) is 7.63. The highest BCUT2D eigenvalue weighted by atomic mass is 35.5. The number of hydrogen-bond donors (Lipinski definition) is 0. The Balaban J connectivity index is 1.49. The molecule has 0 N–H and O–H groups in total. The summed E-state index contributed by atoms with van der Waals surface area (Å²) in [5.74, 6) is 0. The van der Waals surface area contributed by atoms with E-state index in [4.69, 9.17) is 23.2 Å². The van der Waals surface area contributed by atoms with Crippen molar-refractivity contribution in [2.45, 2.75) is 13.1 Å². The van der Waals surface area contributed by atoms with E-state index in [9.17, 15) is 0 Å². The van der Waals surface area contributed by atoms with Crippen LogP contribution < -0.4 is 0 Å². The summed E-state index contributed by atoms with van der Waals surface area (Å²) in [6.45, 7) is 6.38. The highest BCUT2D eigenvalue weighted by Crippen LogP contribution is 2.16. The van der Waals surface area contributed by atoms with Crippen LogP contribution in [0.2, 0.25) is 10.0 Å². The monoisotopic (exact) mass is 334 g/mol. The third-order valence-corrected chi connectivity index (χ3v) is 4.57. The lowest BCUT2D eigenvalue weighted by Gasteiger charge is -2.34. The lowest BCUT2D eigenvalue weighted by atomic mass is 10.1. The Bertz CT molecular complexity index is 605. The SMILES string of the molecule is Clc1ccc(CN2CCN(Cc3cccc(Cl)c3)CC2)cc1. The lowest BCUT2D eigenvalue weighted by molar-refractivity contribution is 0.122. The van der Waals surface area contributed by atoms with E-state index in [2.05, 4.69) is 34.1 Å². The van der Waals surface area contributed by atoms with Crippen molar-refractivity contribution in [3.63, 3.8) is 0 Å². The maximum Gasteiger partial charge on any atom is 0.0409 e. The maximum absolute atomic E-state index is 6.05. The predicted octanol–water partition coefficient (Wildman–Crippen LogP) is 4.31. The number of hydrogen-bond acceptors (Lipinski definition) is 2. The van der Waals surface area contributed by atoms with Gasteiger partial charge >= 0.3 is 0 Å². The third kappa shape index (κ3) is 4.47. The summed E-state index contributed by atoms with van der Waals surface area (Å²) in [7, 11) is 0. The third-order valence-electron chi connectivity index (χ3n) is 4.08. The molecule has 0 aliphatic carbocycles. The topological polar surface area (TPSA) is 6.48 Å². The van der Waals surface area contributed by atoms with Crippen molar-refractivity contribution >= 4 is 23.2 Å². The summed E-state index contributed by atoms with van der Waals surface area (Å²) in [5, 5.41) is 1.62. The van der Waals surface area contributed by atoms with E-state index in [0.29, 0.717) is 0 Å². The van der Waals surface area contributed by atoms with Crippen LogP contribution in [0.1, 0.15) is 11.1 Å². The molecule has 3 rings (SSSR count). The summed E-state index contributed by atoms with van der Waals surface area (Å²) >= 11 is 12.0. The Morgan fingerprint density at radius 1 is 0.682 bits per heavy atom. The largest absolute Gasteiger partial charge is 0.297 e. The molecule has 116 valence electrons. The molecule has 0 aromatic heterocycles. The van der Waals surface area contributed by atoms with E-state index >= 15 is 0 Å². The number of benzene rings is 2. The Hall–Kier alpha value is -1.06. The quantitative estimate of drug-likeness (QED) is 0.821. The normalized spacial score (nSPS) is 16.8. The predicted molar refractivity (Wildman–Crippen MR) is 93.5 cm³/mol. The van der Waals surface area contributed by atoms with Gasteiger partial charge in [0.15, 0.2) is 0 Å². The van der Waals surface area contributed by atoms with Gasteiger partial charge in [-0.15, -0.1) is 0 Å². The molecule has 0 radical (unpaired) electrons. The van der Waals surface area contributed by atoms with Gasteiger partial charge in [-0.1, -0.05) is 47.5 Å². The zero-order valence-electron chi connectivity index (χ0n) is 12.5. The fraction of sp³-hybridized carbons (Fsp3) is 0.333. The van der Waals surface area contributed by atoms with Crippen LogP contribution in [0.5, 0.6) is 0 Å². The van der Waals surface area contributed by atoms with Crippen LogP contribution >= 0.6 is 23.2 Å². The van der Waals surface area contributed by atoms with Crippen LogP contribution in [0.4, 0.5) is 0 Å². The molecule has 0 unspecified atom stereocenters. The molecule has 0 bridgehead atoms. The number of halogens is 2. The fourth-order valence-electron chi connectivity index (χ4n) is 2.85. The van der Waals surface area contributed by atoms with Gasteiger partial charge in [0.05, 0.1) is 0 Å². The van der Waals surface area contributed by atoms with Crippen LogP contribution in [0.25, 0.3) is 0 Å². The van der Waals surface area contributed by atoms with Crippen LogP contribution in [-0.4, -0.2) is 36.0 Å². The summed E-state index contributed by atoms with van der Waals surface area (Å²) in [5.41, 5.74) is 2.62. The molecule has 1 fully saturated rings. The van der Waals surface area contributed by atoms with Crippen LogP contribution in [0, 0.1) is 0 Å². The van der Waals surface area contributed by atoms with Gasteiger partial charge in [0.2, 0.25) is 0 Å². The fourth-order valence-corrected chi connectivity index (χ4v) is 3.19. The van der Waals surface area contributed by atoms with Crippen molar-refractivity contribution in [1.29, 1.82) is 0 Å². The molecule has 4 heteroatoms. The Kier molecular flexibility index (Phi) is 5.37. The van der Waals surface area contributed by atoms with Gasteiger partial charge in [0.1, 0.15) is 0 Å². The van der Waals surface area contributed by atoms with Gasteiger partial charge in [-0.05, 0) is 35.4 Å². The molecule has 0 saturated carbocycles. The zero-order valence-corrected chi connectivity index (χ0v) is 14.0. The van der Waals surface area contributed by atoms with Gasteiger partial charge in [0.25, 0.3) is 0 Å². The minimum atomic E-state index is 0.801. The van der Waals surface area contributed by atoms with E-state index < -0.39 is 0 Å². The van der Waals surface area contributed by atoms with Crippen molar-refractivity contribution in [3.05, 3.63) is 69.7 Å². The van der Waals surface area contributed by atoms with Crippen LogP contribution in [-0.2, 0) is 13.1 Å². The second kappa shape index (κ2) is 7.47. The van der Waals surface area contributed by atoms with E-state index in [1.807, 2.05) is 24.3 Å². The molecule has 2 aromatic rings. The molecule has 0 spiro atoms. The Morgan fingerprint density at radius 3 is 1.86 bits per heavy atom. The molecule has 2 aromatic carbocycles. The summed E-state index contributed by atoms with van der Waals surface area (Å²) in [4.78, 5) is 4.99. The minimum Gasteiger partial charge on any atom is -0.297 e. The van der Waals surface area contributed by atoms with Gasteiger partial charge in [-0.2, -0.15) is 0 Å². The molecule has 22 heavy (non-hydrogen) atoms. The van der Waals surface area contributed by atoms with Gasteiger partial charge in [-0.3, -0.25) is 9.80 Å². The van der Waals surface area contributed by atoms with E-state index in [0.717, 1.165) is 49.3 Å².